The van der Waals surface area contributed by atoms with Crippen molar-refractivity contribution in [1.82, 2.24) is 9.36 Å². The smallest absolute Gasteiger partial charge is 0.263 e. The van der Waals surface area contributed by atoms with Gasteiger partial charge in [0.2, 0.25) is 5.13 Å². The number of anilines is 1. The van der Waals surface area contributed by atoms with Gasteiger partial charge in [0.1, 0.15) is 11.6 Å². The molecule has 0 fully saturated rings. The summed E-state index contributed by atoms with van der Waals surface area (Å²) < 4.78 is 29.9. The summed E-state index contributed by atoms with van der Waals surface area (Å²) in [6, 6.07) is 5.40. The molecule has 0 spiro atoms. The first-order valence-electron chi connectivity index (χ1n) is 4.59. The SMILES string of the molecule is Cc1nsc(NS(=O)(=O)c2cccc(O)c2)n1. The molecule has 90 valence electrons. The molecule has 0 saturated heterocycles. The Hall–Kier alpha value is -1.67. The molecule has 1 heterocycles. The monoisotopic (exact) mass is 271 g/mol. The number of nitrogens with zero attached hydrogens (tertiary/aromatic N) is 2. The van der Waals surface area contributed by atoms with Gasteiger partial charge in [-0.25, -0.2) is 13.4 Å². The zero-order valence-corrected chi connectivity index (χ0v) is 10.4. The van der Waals surface area contributed by atoms with E-state index in [1.807, 2.05) is 0 Å². The molecule has 0 radical (unpaired) electrons. The minimum atomic E-state index is -3.72. The van der Waals surface area contributed by atoms with E-state index in [9.17, 15) is 13.5 Å². The summed E-state index contributed by atoms with van der Waals surface area (Å²) >= 11 is 0.961. The average molecular weight is 271 g/mol. The van der Waals surface area contributed by atoms with Crippen LogP contribution in [0.2, 0.25) is 0 Å². The number of nitrogens with one attached hydrogen (secondary N) is 1. The third-order valence-corrected chi connectivity index (χ3v) is 4.06. The highest BCUT2D eigenvalue weighted by atomic mass is 32.2. The van der Waals surface area contributed by atoms with Gasteiger partial charge in [-0.15, -0.1) is 0 Å². The number of benzene rings is 1. The molecule has 2 aromatic rings. The van der Waals surface area contributed by atoms with E-state index < -0.39 is 10.0 Å². The molecule has 17 heavy (non-hydrogen) atoms. The van der Waals surface area contributed by atoms with Crippen molar-refractivity contribution in [3.05, 3.63) is 30.1 Å². The number of rotatable bonds is 3. The second-order valence-electron chi connectivity index (χ2n) is 3.25. The summed E-state index contributed by atoms with van der Waals surface area (Å²) in [5.74, 6) is 0.393. The largest absolute Gasteiger partial charge is 0.508 e. The highest BCUT2D eigenvalue weighted by Gasteiger charge is 2.16. The van der Waals surface area contributed by atoms with Crippen LogP contribution in [-0.4, -0.2) is 22.9 Å². The lowest BCUT2D eigenvalue weighted by Crippen LogP contribution is -2.12. The first-order chi connectivity index (χ1) is 7.97. The van der Waals surface area contributed by atoms with Gasteiger partial charge in [0.25, 0.3) is 10.0 Å². The summed E-state index contributed by atoms with van der Waals surface area (Å²) in [6.07, 6.45) is 0. The second-order valence-corrected chi connectivity index (χ2v) is 5.68. The van der Waals surface area contributed by atoms with Crippen molar-refractivity contribution in [2.45, 2.75) is 11.8 Å². The van der Waals surface area contributed by atoms with Crippen LogP contribution in [0.3, 0.4) is 0 Å². The van der Waals surface area contributed by atoms with E-state index in [1.165, 1.54) is 18.2 Å². The highest BCUT2D eigenvalue weighted by molar-refractivity contribution is 7.93. The Morgan fingerprint density at radius 3 is 2.76 bits per heavy atom. The van der Waals surface area contributed by atoms with E-state index >= 15 is 0 Å². The van der Waals surface area contributed by atoms with E-state index in [0.717, 1.165) is 17.6 Å². The van der Waals surface area contributed by atoms with E-state index in [1.54, 1.807) is 6.92 Å². The molecule has 0 atom stereocenters. The number of aromatic hydroxyl groups is 1. The maximum absolute atomic E-state index is 11.9. The van der Waals surface area contributed by atoms with Gasteiger partial charge in [-0.1, -0.05) is 6.07 Å². The third kappa shape index (κ3) is 2.71. The van der Waals surface area contributed by atoms with Gasteiger partial charge in [0.15, 0.2) is 0 Å². The van der Waals surface area contributed by atoms with Gasteiger partial charge in [0, 0.05) is 17.6 Å². The van der Waals surface area contributed by atoms with Crippen molar-refractivity contribution in [3.8, 4) is 5.75 Å². The zero-order chi connectivity index (χ0) is 12.5. The number of aromatic nitrogens is 2. The molecule has 0 aliphatic carbocycles. The molecule has 2 N–H and O–H groups in total. The minimum absolute atomic E-state index is 0.0228. The lowest BCUT2D eigenvalue weighted by Gasteiger charge is -2.04. The predicted molar refractivity (Wildman–Crippen MR) is 63.6 cm³/mol. The number of aryl methyl sites for hydroxylation is 1. The third-order valence-electron chi connectivity index (χ3n) is 1.88. The molecule has 1 aromatic carbocycles. The molecule has 0 unspecified atom stereocenters. The fraction of sp³-hybridized carbons (Fsp3) is 0.111. The van der Waals surface area contributed by atoms with E-state index in [0.29, 0.717) is 5.82 Å². The summed E-state index contributed by atoms with van der Waals surface area (Å²) in [5.41, 5.74) is 0. The van der Waals surface area contributed by atoms with Gasteiger partial charge in [-0.05, 0) is 19.1 Å². The Kier molecular flexibility index (Phi) is 2.99. The molecule has 0 amide bonds. The lowest BCUT2D eigenvalue weighted by molar-refractivity contribution is 0.473. The van der Waals surface area contributed by atoms with Crippen LogP contribution in [0.5, 0.6) is 5.75 Å². The van der Waals surface area contributed by atoms with Crippen LogP contribution >= 0.6 is 11.5 Å². The minimum Gasteiger partial charge on any atom is -0.508 e. The van der Waals surface area contributed by atoms with Crippen LogP contribution in [0.1, 0.15) is 5.82 Å². The molecule has 0 saturated carbocycles. The van der Waals surface area contributed by atoms with Crippen LogP contribution in [-0.2, 0) is 10.0 Å². The predicted octanol–water partition coefficient (Wildman–Crippen LogP) is 1.35. The Morgan fingerprint density at radius 2 is 2.18 bits per heavy atom. The lowest BCUT2D eigenvalue weighted by atomic mass is 10.3. The fourth-order valence-electron chi connectivity index (χ4n) is 1.16. The van der Waals surface area contributed by atoms with Gasteiger partial charge < -0.3 is 5.11 Å². The van der Waals surface area contributed by atoms with Crippen molar-refractivity contribution in [1.29, 1.82) is 0 Å². The van der Waals surface area contributed by atoms with Gasteiger partial charge in [-0.2, -0.15) is 4.37 Å². The van der Waals surface area contributed by atoms with Crippen LogP contribution in [0.15, 0.2) is 29.2 Å². The zero-order valence-electron chi connectivity index (χ0n) is 8.78. The van der Waals surface area contributed by atoms with E-state index in [2.05, 4.69) is 14.1 Å². The Balaban J connectivity index is 2.31. The van der Waals surface area contributed by atoms with Crippen molar-refractivity contribution in [2.24, 2.45) is 0 Å². The molecule has 0 bridgehead atoms. The summed E-state index contributed by atoms with van der Waals surface area (Å²) in [4.78, 5) is 3.88. The molecule has 0 aliphatic rings. The van der Waals surface area contributed by atoms with Crippen LogP contribution in [0, 0.1) is 6.92 Å². The first-order valence-corrected chi connectivity index (χ1v) is 6.85. The topological polar surface area (TPSA) is 92.2 Å². The molecule has 1 aromatic heterocycles. The Morgan fingerprint density at radius 1 is 1.41 bits per heavy atom. The average Bonchev–Trinajstić information content (AvgIpc) is 2.63. The van der Waals surface area contributed by atoms with Gasteiger partial charge in [0.05, 0.1) is 4.90 Å². The summed E-state index contributed by atoms with van der Waals surface area (Å²) in [7, 11) is -3.72. The molecular weight excluding hydrogens is 262 g/mol. The van der Waals surface area contributed by atoms with E-state index in [-0.39, 0.29) is 15.8 Å². The van der Waals surface area contributed by atoms with Crippen molar-refractivity contribution in [3.63, 3.8) is 0 Å². The van der Waals surface area contributed by atoms with Crippen molar-refractivity contribution in [2.75, 3.05) is 4.72 Å². The molecule has 2 rings (SSSR count). The van der Waals surface area contributed by atoms with E-state index in [4.69, 9.17) is 0 Å². The standard InChI is InChI=1S/C9H9N3O3S2/c1-6-10-9(16-11-6)12-17(14,15)8-4-2-3-7(13)5-8/h2-5,13H,1H3,(H,10,11,12). The first kappa shape index (κ1) is 11.8. The summed E-state index contributed by atoms with van der Waals surface area (Å²) in [6.45, 7) is 1.67. The number of phenols is 1. The van der Waals surface area contributed by atoms with Crippen molar-refractivity contribution < 1.29 is 13.5 Å². The fourth-order valence-corrected chi connectivity index (χ4v) is 3.00. The molecule has 0 aliphatic heterocycles. The van der Waals surface area contributed by atoms with Gasteiger partial charge in [-0.3, -0.25) is 4.72 Å². The number of hydrogen-bond donors (Lipinski definition) is 2. The number of phenolic OH excluding ortho intramolecular Hbond substituents is 1. The number of hydrogen-bond acceptors (Lipinski definition) is 6. The van der Waals surface area contributed by atoms with Crippen LogP contribution in [0.4, 0.5) is 5.13 Å². The molecular formula is C9H9N3O3S2. The molecule has 8 heteroatoms. The van der Waals surface area contributed by atoms with Crippen molar-refractivity contribution >= 4 is 26.7 Å². The maximum atomic E-state index is 11.9. The molecule has 6 nitrogen and oxygen atoms in total. The quantitative estimate of drug-likeness (QED) is 0.879. The number of sulfonamides is 1. The van der Waals surface area contributed by atoms with Crippen LogP contribution < -0.4 is 4.72 Å². The second kappa shape index (κ2) is 4.30. The van der Waals surface area contributed by atoms with Gasteiger partial charge >= 0.3 is 0 Å². The normalized spacial score (nSPS) is 11.4. The highest BCUT2D eigenvalue weighted by Crippen LogP contribution is 2.20. The Bertz CT molecular complexity index is 636. The summed E-state index contributed by atoms with van der Waals surface area (Å²) in [5, 5.41) is 9.43. The maximum Gasteiger partial charge on any atom is 0.263 e. The Labute approximate surface area is 102 Å². The van der Waals surface area contributed by atoms with Crippen LogP contribution in [0.25, 0.3) is 0 Å².